The van der Waals surface area contributed by atoms with Crippen molar-refractivity contribution in [2.75, 3.05) is 26.2 Å². The molecule has 6 nitrogen and oxygen atoms in total. The van der Waals surface area contributed by atoms with Crippen LogP contribution in [-0.2, 0) is 9.59 Å². The van der Waals surface area contributed by atoms with Crippen molar-refractivity contribution >= 4 is 39.3 Å². The van der Waals surface area contributed by atoms with Gasteiger partial charge in [0.1, 0.15) is 11.5 Å². The zero-order valence-corrected chi connectivity index (χ0v) is 16.6. The van der Waals surface area contributed by atoms with Gasteiger partial charge < -0.3 is 4.90 Å². The Morgan fingerprint density at radius 1 is 1.32 bits per heavy atom. The number of piperazine rings is 1. The Hall–Kier alpha value is -0.440. The molecule has 9 heteroatoms. The fraction of sp³-hybridized carbons (Fsp3) is 0.875. The van der Waals surface area contributed by atoms with E-state index in [1.54, 1.807) is 0 Å². The van der Waals surface area contributed by atoms with Crippen LogP contribution in [0.4, 0.5) is 4.39 Å². The van der Waals surface area contributed by atoms with Crippen LogP contribution in [0.3, 0.4) is 0 Å². The Morgan fingerprint density at radius 2 is 2.08 bits per heavy atom. The lowest BCUT2D eigenvalue weighted by Gasteiger charge is -2.45. The van der Waals surface area contributed by atoms with Crippen molar-refractivity contribution in [3.8, 4) is 0 Å². The molecule has 3 aliphatic rings. The standard InChI is InChI=1S/C16H25BrClFN4O2/c1-9-6-11(19)3-2-10(9)7-22-4-5-23(8-12(22)24)14-13(18)16(25)21-20-15(14)17/h9-11,13-15,20H,2-8H2,1H3,(H,21,25). The molecule has 0 bridgehead atoms. The number of rotatable bonds is 3. The minimum atomic E-state index is -0.718. The molecule has 0 aromatic rings. The second-order valence-corrected chi connectivity index (χ2v) is 8.84. The third-order valence-corrected chi connectivity index (χ3v) is 6.92. The summed E-state index contributed by atoms with van der Waals surface area (Å²) in [5.41, 5.74) is 5.35. The molecule has 6 atom stereocenters. The molecular weight excluding hydrogens is 415 g/mol. The zero-order chi connectivity index (χ0) is 18.1. The molecule has 2 aliphatic heterocycles. The summed E-state index contributed by atoms with van der Waals surface area (Å²) in [6, 6.07) is -0.289. The highest BCUT2D eigenvalue weighted by Gasteiger charge is 2.43. The van der Waals surface area contributed by atoms with E-state index < -0.39 is 11.5 Å². The first-order chi connectivity index (χ1) is 11.9. The summed E-state index contributed by atoms with van der Waals surface area (Å²) < 4.78 is 13.5. The van der Waals surface area contributed by atoms with Gasteiger partial charge in [-0.1, -0.05) is 22.9 Å². The van der Waals surface area contributed by atoms with Gasteiger partial charge in [0, 0.05) is 19.6 Å². The highest BCUT2D eigenvalue weighted by Crippen LogP contribution is 2.32. The van der Waals surface area contributed by atoms with E-state index in [9.17, 15) is 14.0 Å². The van der Waals surface area contributed by atoms with Gasteiger partial charge in [-0.05, 0) is 31.1 Å². The Bertz CT molecular complexity index is 528. The number of amides is 2. The van der Waals surface area contributed by atoms with Crippen LogP contribution in [0.1, 0.15) is 26.2 Å². The van der Waals surface area contributed by atoms with Crippen molar-refractivity contribution in [2.24, 2.45) is 11.8 Å². The van der Waals surface area contributed by atoms with E-state index in [0.717, 1.165) is 6.42 Å². The normalized spacial score (nSPS) is 40.9. The van der Waals surface area contributed by atoms with Crippen molar-refractivity contribution in [3.63, 3.8) is 0 Å². The third-order valence-electron chi connectivity index (χ3n) is 5.69. The van der Waals surface area contributed by atoms with E-state index in [2.05, 4.69) is 33.7 Å². The number of hydrogen-bond donors (Lipinski definition) is 2. The molecule has 2 amide bonds. The maximum atomic E-state index is 13.5. The Morgan fingerprint density at radius 3 is 2.76 bits per heavy atom. The first-order valence-electron chi connectivity index (χ1n) is 8.86. The summed E-state index contributed by atoms with van der Waals surface area (Å²) in [6.07, 6.45) is 1.35. The number of carbonyl (C=O) groups excluding carboxylic acids is 2. The van der Waals surface area contributed by atoms with E-state index in [4.69, 9.17) is 11.6 Å². The maximum Gasteiger partial charge on any atom is 0.253 e. The average Bonchev–Trinajstić information content (AvgIpc) is 2.56. The Kier molecular flexibility index (Phi) is 6.23. The first kappa shape index (κ1) is 19.3. The van der Waals surface area contributed by atoms with Gasteiger partial charge in [0.15, 0.2) is 0 Å². The van der Waals surface area contributed by atoms with Crippen LogP contribution >= 0.6 is 27.5 Å². The molecule has 142 valence electrons. The lowest BCUT2D eigenvalue weighted by atomic mass is 9.79. The quantitative estimate of drug-likeness (QED) is 0.513. The number of alkyl halides is 3. The second-order valence-electron chi connectivity index (χ2n) is 7.39. The fourth-order valence-corrected chi connectivity index (χ4v) is 5.38. The van der Waals surface area contributed by atoms with Gasteiger partial charge in [-0.2, -0.15) is 0 Å². The molecule has 0 radical (unpaired) electrons. The van der Waals surface area contributed by atoms with E-state index in [1.165, 1.54) is 0 Å². The van der Waals surface area contributed by atoms with Crippen molar-refractivity contribution in [2.45, 2.75) is 48.7 Å². The predicted molar refractivity (Wildman–Crippen MR) is 97.0 cm³/mol. The van der Waals surface area contributed by atoms with Crippen LogP contribution in [0.15, 0.2) is 0 Å². The SMILES string of the molecule is CC1CC(F)CCC1CN1CCN(C2C(Br)NNC(=O)C2Cl)CC1=O. The molecule has 1 saturated carbocycles. The number of carbonyl (C=O) groups is 2. The maximum absolute atomic E-state index is 13.5. The third kappa shape index (κ3) is 4.28. The minimum absolute atomic E-state index is 0.0513. The monoisotopic (exact) mass is 438 g/mol. The predicted octanol–water partition coefficient (Wildman–Crippen LogP) is 1.24. The molecule has 0 aromatic carbocycles. The lowest BCUT2D eigenvalue weighted by molar-refractivity contribution is -0.140. The van der Waals surface area contributed by atoms with Crippen LogP contribution in [0.25, 0.3) is 0 Å². The van der Waals surface area contributed by atoms with E-state index in [1.807, 2.05) is 9.80 Å². The fourth-order valence-electron chi connectivity index (χ4n) is 4.09. The molecule has 3 rings (SSSR count). The van der Waals surface area contributed by atoms with Gasteiger partial charge in [0.05, 0.1) is 17.5 Å². The van der Waals surface area contributed by atoms with E-state index in [-0.39, 0.29) is 29.4 Å². The molecule has 2 saturated heterocycles. The summed E-state index contributed by atoms with van der Waals surface area (Å²) in [6.45, 7) is 4.31. The summed E-state index contributed by atoms with van der Waals surface area (Å²) >= 11 is 9.72. The molecule has 0 aromatic heterocycles. The van der Waals surface area contributed by atoms with Crippen molar-refractivity contribution < 1.29 is 14.0 Å². The smallest absolute Gasteiger partial charge is 0.253 e. The van der Waals surface area contributed by atoms with E-state index in [0.29, 0.717) is 44.3 Å². The molecular formula is C16H25BrClFN4O2. The van der Waals surface area contributed by atoms with E-state index >= 15 is 0 Å². The summed E-state index contributed by atoms with van der Waals surface area (Å²) in [4.78, 5) is 28.0. The molecule has 2 N–H and O–H groups in total. The Balaban J connectivity index is 1.57. The number of halogens is 3. The molecule has 2 heterocycles. The first-order valence-corrected chi connectivity index (χ1v) is 10.2. The van der Waals surface area contributed by atoms with Crippen LogP contribution in [0, 0.1) is 11.8 Å². The topological polar surface area (TPSA) is 64.7 Å². The Labute approximate surface area is 160 Å². The van der Waals surface area contributed by atoms with Crippen LogP contribution in [0.2, 0.25) is 0 Å². The number of hydrazine groups is 1. The molecule has 1 aliphatic carbocycles. The van der Waals surface area contributed by atoms with Gasteiger partial charge in [0.25, 0.3) is 5.91 Å². The van der Waals surface area contributed by atoms with Gasteiger partial charge in [-0.3, -0.25) is 19.9 Å². The number of hydrogen-bond acceptors (Lipinski definition) is 4. The largest absolute Gasteiger partial charge is 0.340 e. The van der Waals surface area contributed by atoms with Crippen LogP contribution in [-0.4, -0.2) is 70.3 Å². The van der Waals surface area contributed by atoms with Crippen LogP contribution < -0.4 is 10.9 Å². The van der Waals surface area contributed by atoms with Crippen molar-refractivity contribution in [1.82, 2.24) is 20.7 Å². The van der Waals surface area contributed by atoms with Crippen molar-refractivity contribution in [1.29, 1.82) is 0 Å². The highest BCUT2D eigenvalue weighted by molar-refractivity contribution is 9.09. The van der Waals surface area contributed by atoms with Gasteiger partial charge in [-0.25, -0.2) is 9.82 Å². The van der Waals surface area contributed by atoms with Gasteiger partial charge in [-0.15, -0.1) is 11.6 Å². The number of nitrogens with one attached hydrogen (secondary N) is 2. The number of nitrogens with zero attached hydrogens (tertiary/aromatic N) is 2. The lowest BCUT2D eigenvalue weighted by Crippen LogP contribution is -2.68. The average molecular weight is 440 g/mol. The van der Waals surface area contributed by atoms with Gasteiger partial charge >= 0.3 is 0 Å². The van der Waals surface area contributed by atoms with Crippen LogP contribution in [0.5, 0.6) is 0 Å². The summed E-state index contributed by atoms with van der Waals surface area (Å²) in [5, 5.41) is -0.718. The molecule has 0 spiro atoms. The zero-order valence-electron chi connectivity index (χ0n) is 14.3. The van der Waals surface area contributed by atoms with Crippen molar-refractivity contribution in [3.05, 3.63) is 0 Å². The molecule has 6 unspecified atom stereocenters. The molecule has 3 fully saturated rings. The minimum Gasteiger partial charge on any atom is -0.340 e. The summed E-state index contributed by atoms with van der Waals surface area (Å²) in [5.74, 6) is 0.443. The highest BCUT2D eigenvalue weighted by atomic mass is 79.9. The molecule has 25 heavy (non-hydrogen) atoms. The summed E-state index contributed by atoms with van der Waals surface area (Å²) in [7, 11) is 0. The van der Waals surface area contributed by atoms with Gasteiger partial charge in [0.2, 0.25) is 5.91 Å². The second kappa shape index (κ2) is 8.06.